The van der Waals surface area contributed by atoms with Crippen molar-refractivity contribution in [2.75, 3.05) is 7.11 Å². The average molecular weight is 280 g/mol. The van der Waals surface area contributed by atoms with Gasteiger partial charge in [-0.05, 0) is 24.3 Å². The zero-order valence-electron chi connectivity index (χ0n) is 11.2. The van der Waals surface area contributed by atoms with Gasteiger partial charge in [0.1, 0.15) is 17.1 Å². The number of methoxy groups -OCH3 is 1. The number of carbonyl (C=O) groups excluding carboxylic acids is 2. The smallest absolute Gasteiger partial charge is 0.348 e. The van der Waals surface area contributed by atoms with Gasteiger partial charge in [-0.15, -0.1) is 0 Å². The molecule has 6 heteroatoms. The fourth-order valence-electron chi connectivity index (χ4n) is 1.69. The van der Waals surface area contributed by atoms with Gasteiger partial charge in [0.05, 0.1) is 7.11 Å². The lowest BCUT2D eigenvalue weighted by molar-refractivity contribution is -0.222. The first-order valence-electron chi connectivity index (χ1n) is 5.84. The minimum absolute atomic E-state index is 0.0351. The quantitative estimate of drug-likeness (QED) is 0.471. The summed E-state index contributed by atoms with van der Waals surface area (Å²) in [7, 11) is 1.43. The number of hydrogen-bond acceptors (Lipinski definition) is 5. The molecule has 0 aliphatic carbocycles. The fraction of sp³-hybridized carbons (Fsp3) is 0.286. The Hall–Kier alpha value is -2.37. The van der Waals surface area contributed by atoms with Crippen LogP contribution in [0.25, 0.3) is 6.08 Å². The minimum Gasteiger partial charge on any atom is -0.497 e. The van der Waals surface area contributed by atoms with Crippen molar-refractivity contribution >= 4 is 18.0 Å². The molecule has 0 spiro atoms. The van der Waals surface area contributed by atoms with Crippen LogP contribution in [0, 0.1) is 5.82 Å². The van der Waals surface area contributed by atoms with E-state index < -0.39 is 23.5 Å². The summed E-state index contributed by atoms with van der Waals surface area (Å²) in [5.41, 5.74) is -0.329. The maximum absolute atomic E-state index is 13.7. The summed E-state index contributed by atoms with van der Waals surface area (Å²) in [5.74, 6) is -3.22. The first kappa shape index (κ1) is 14.0. The number of esters is 2. The summed E-state index contributed by atoms with van der Waals surface area (Å²) in [4.78, 5) is 23.5. The third-order valence-corrected chi connectivity index (χ3v) is 2.62. The maximum atomic E-state index is 13.7. The molecule has 1 saturated heterocycles. The minimum atomic E-state index is -1.32. The van der Waals surface area contributed by atoms with E-state index in [1.165, 1.54) is 39.2 Å². The molecule has 0 radical (unpaired) electrons. The Labute approximate surface area is 114 Å². The molecule has 1 aromatic carbocycles. The van der Waals surface area contributed by atoms with Gasteiger partial charge in [0.2, 0.25) is 0 Å². The van der Waals surface area contributed by atoms with Crippen LogP contribution in [0.2, 0.25) is 0 Å². The Bertz CT molecular complexity index is 582. The third-order valence-electron chi connectivity index (χ3n) is 2.62. The van der Waals surface area contributed by atoms with Crippen LogP contribution in [0.15, 0.2) is 23.8 Å². The molecule has 0 amide bonds. The lowest BCUT2D eigenvalue weighted by atomic mass is 10.1. The van der Waals surface area contributed by atoms with Gasteiger partial charge in [0, 0.05) is 19.4 Å². The Morgan fingerprint density at radius 2 is 1.80 bits per heavy atom. The van der Waals surface area contributed by atoms with Crippen molar-refractivity contribution in [3.05, 3.63) is 35.2 Å². The van der Waals surface area contributed by atoms with E-state index in [4.69, 9.17) is 14.2 Å². The second kappa shape index (κ2) is 4.96. The highest BCUT2D eigenvalue weighted by molar-refractivity contribution is 6.18. The molecule has 1 aliphatic heterocycles. The molecule has 106 valence electrons. The number of hydrogen-bond donors (Lipinski definition) is 0. The number of benzene rings is 1. The standard InChI is InChI=1S/C14H13FO5/c1-14(2)19-12(16)10(13(17)20-14)7-8-6-9(18-3)4-5-11(8)15/h4-7H,1-3H3. The van der Waals surface area contributed by atoms with Crippen molar-refractivity contribution in [3.63, 3.8) is 0 Å². The molecule has 0 aromatic heterocycles. The maximum Gasteiger partial charge on any atom is 0.348 e. The molecule has 0 unspecified atom stereocenters. The van der Waals surface area contributed by atoms with Gasteiger partial charge in [-0.25, -0.2) is 14.0 Å². The van der Waals surface area contributed by atoms with E-state index >= 15 is 0 Å². The van der Waals surface area contributed by atoms with E-state index in [0.717, 1.165) is 6.08 Å². The van der Waals surface area contributed by atoms with Crippen molar-refractivity contribution in [1.82, 2.24) is 0 Å². The molecule has 0 N–H and O–H groups in total. The summed E-state index contributed by atoms with van der Waals surface area (Å²) < 4.78 is 28.5. The lowest BCUT2D eigenvalue weighted by Crippen LogP contribution is -2.41. The van der Waals surface area contributed by atoms with E-state index in [1.807, 2.05) is 0 Å². The highest BCUT2D eigenvalue weighted by Crippen LogP contribution is 2.26. The average Bonchev–Trinajstić information content (AvgIpc) is 2.34. The highest BCUT2D eigenvalue weighted by Gasteiger charge is 2.38. The predicted octanol–water partition coefficient (Wildman–Crippen LogP) is 2.05. The second-order valence-corrected chi connectivity index (χ2v) is 4.62. The van der Waals surface area contributed by atoms with Gasteiger partial charge < -0.3 is 14.2 Å². The number of cyclic esters (lactones) is 2. The molecule has 1 aromatic rings. The van der Waals surface area contributed by atoms with Crippen LogP contribution in [-0.4, -0.2) is 24.8 Å². The normalized spacial score (nSPS) is 17.3. The topological polar surface area (TPSA) is 61.8 Å². The van der Waals surface area contributed by atoms with E-state index in [0.29, 0.717) is 5.75 Å². The van der Waals surface area contributed by atoms with Crippen LogP contribution in [0.3, 0.4) is 0 Å². The van der Waals surface area contributed by atoms with Crippen LogP contribution in [0.1, 0.15) is 19.4 Å². The number of halogens is 1. The van der Waals surface area contributed by atoms with Gasteiger partial charge >= 0.3 is 11.9 Å². The fourth-order valence-corrected chi connectivity index (χ4v) is 1.69. The van der Waals surface area contributed by atoms with E-state index in [1.54, 1.807) is 0 Å². The Balaban J connectivity index is 2.40. The van der Waals surface area contributed by atoms with Crippen molar-refractivity contribution in [2.45, 2.75) is 19.6 Å². The molecule has 0 atom stereocenters. The van der Waals surface area contributed by atoms with Crippen LogP contribution in [-0.2, 0) is 19.1 Å². The van der Waals surface area contributed by atoms with Crippen molar-refractivity contribution in [3.8, 4) is 5.75 Å². The molecule has 1 fully saturated rings. The van der Waals surface area contributed by atoms with Crippen LogP contribution >= 0.6 is 0 Å². The molecule has 5 nitrogen and oxygen atoms in total. The predicted molar refractivity (Wildman–Crippen MR) is 67.2 cm³/mol. The van der Waals surface area contributed by atoms with Gasteiger partial charge in [-0.3, -0.25) is 0 Å². The number of ether oxygens (including phenoxy) is 3. The first-order chi connectivity index (χ1) is 9.32. The molecule has 2 rings (SSSR count). The lowest BCUT2D eigenvalue weighted by Gasteiger charge is -2.29. The Kier molecular flexibility index (Phi) is 3.48. The Morgan fingerprint density at radius 1 is 1.20 bits per heavy atom. The first-order valence-corrected chi connectivity index (χ1v) is 5.84. The number of carbonyl (C=O) groups is 2. The molecule has 0 bridgehead atoms. The second-order valence-electron chi connectivity index (χ2n) is 4.62. The summed E-state index contributed by atoms with van der Waals surface area (Å²) in [6.07, 6.45) is 1.08. The molecule has 1 aliphatic rings. The molecule has 1 heterocycles. The Morgan fingerprint density at radius 3 is 2.35 bits per heavy atom. The van der Waals surface area contributed by atoms with Gasteiger partial charge in [0.15, 0.2) is 0 Å². The highest BCUT2D eigenvalue weighted by atomic mass is 19.1. The SMILES string of the molecule is COc1ccc(F)c(C=C2C(=O)OC(C)(C)OC2=O)c1. The van der Waals surface area contributed by atoms with E-state index in [-0.39, 0.29) is 11.1 Å². The zero-order valence-corrected chi connectivity index (χ0v) is 11.2. The molecule has 20 heavy (non-hydrogen) atoms. The molecular formula is C14H13FO5. The summed E-state index contributed by atoms with van der Waals surface area (Å²) >= 11 is 0. The molecule has 0 saturated carbocycles. The van der Waals surface area contributed by atoms with Crippen molar-refractivity contribution < 1.29 is 28.2 Å². The monoisotopic (exact) mass is 280 g/mol. The van der Waals surface area contributed by atoms with Gasteiger partial charge in [-0.2, -0.15) is 0 Å². The van der Waals surface area contributed by atoms with E-state index in [2.05, 4.69) is 0 Å². The summed E-state index contributed by atoms with van der Waals surface area (Å²) in [6, 6.07) is 3.97. The third kappa shape index (κ3) is 2.79. The van der Waals surface area contributed by atoms with E-state index in [9.17, 15) is 14.0 Å². The van der Waals surface area contributed by atoms with Crippen molar-refractivity contribution in [1.29, 1.82) is 0 Å². The summed E-state index contributed by atoms with van der Waals surface area (Å²) in [5, 5.41) is 0. The van der Waals surface area contributed by atoms with Crippen LogP contribution in [0.4, 0.5) is 4.39 Å². The van der Waals surface area contributed by atoms with Crippen molar-refractivity contribution in [2.24, 2.45) is 0 Å². The van der Waals surface area contributed by atoms with Gasteiger partial charge in [0.25, 0.3) is 5.79 Å². The zero-order chi connectivity index (χ0) is 14.9. The van der Waals surface area contributed by atoms with Crippen LogP contribution < -0.4 is 4.74 Å². The number of rotatable bonds is 2. The largest absolute Gasteiger partial charge is 0.497 e. The van der Waals surface area contributed by atoms with Crippen LogP contribution in [0.5, 0.6) is 5.75 Å². The molecular weight excluding hydrogens is 267 g/mol. The summed E-state index contributed by atoms with van der Waals surface area (Å²) in [6.45, 7) is 2.87. The van der Waals surface area contributed by atoms with Gasteiger partial charge in [-0.1, -0.05) is 0 Å².